The Balaban J connectivity index is 1.62. The van der Waals surface area contributed by atoms with E-state index in [1.54, 1.807) is 20.4 Å². The number of ether oxygens (including phenoxy) is 3. The van der Waals surface area contributed by atoms with Crippen LogP contribution in [-0.4, -0.2) is 36.6 Å². The SMILES string of the molecule is CCCc1c(OC(=O)NCCc2cc(OC)cc(OC)c2)cnn1-c1ccccc1. The molecule has 0 aliphatic carbocycles. The lowest BCUT2D eigenvalue weighted by Crippen LogP contribution is -2.29. The predicted octanol–water partition coefficient (Wildman–Crippen LogP) is 4.17. The number of carbonyl (C=O) groups is 1. The number of rotatable bonds is 9. The van der Waals surface area contributed by atoms with E-state index in [0.717, 1.165) is 29.8 Å². The molecule has 158 valence electrons. The third-order valence-corrected chi connectivity index (χ3v) is 4.62. The Bertz CT molecular complexity index is 948. The molecule has 3 aromatic rings. The van der Waals surface area contributed by atoms with E-state index >= 15 is 0 Å². The molecular weight excluding hydrogens is 382 g/mol. The zero-order valence-electron chi connectivity index (χ0n) is 17.6. The topological polar surface area (TPSA) is 74.6 Å². The van der Waals surface area contributed by atoms with Crippen LogP contribution in [0.3, 0.4) is 0 Å². The lowest BCUT2D eigenvalue weighted by Gasteiger charge is -2.11. The molecule has 1 aromatic heterocycles. The maximum Gasteiger partial charge on any atom is 0.412 e. The van der Waals surface area contributed by atoms with Gasteiger partial charge in [-0.15, -0.1) is 0 Å². The van der Waals surface area contributed by atoms with E-state index in [2.05, 4.69) is 17.3 Å². The van der Waals surface area contributed by atoms with Crippen molar-refractivity contribution in [3.8, 4) is 22.9 Å². The van der Waals surface area contributed by atoms with E-state index in [1.807, 2.05) is 53.2 Å². The first kappa shape index (κ1) is 21.2. The third-order valence-electron chi connectivity index (χ3n) is 4.62. The highest BCUT2D eigenvalue weighted by molar-refractivity contribution is 5.70. The van der Waals surface area contributed by atoms with Crippen LogP contribution in [0.4, 0.5) is 4.79 Å². The Hall–Kier alpha value is -3.48. The van der Waals surface area contributed by atoms with Gasteiger partial charge in [0.1, 0.15) is 11.5 Å². The van der Waals surface area contributed by atoms with Crippen molar-refractivity contribution < 1.29 is 19.0 Å². The fourth-order valence-electron chi connectivity index (χ4n) is 3.16. The highest BCUT2D eigenvalue weighted by atomic mass is 16.6. The molecule has 1 N–H and O–H groups in total. The quantitative estimate of drug-likeness (QED) is 0.574. The number of benzene rings is 2. The minimum Gasteiger partial charge on any atom is -0.497 e. The highest BCUT2D eigenvalue weighted by Crippen LogP contribution is 2.24. The molecule has 0 fully saturated rings. The van der Waals surface area contributed by atoms with Gasteiger partial charge in [0.05, 0.1) is 31.8 Å². The van der Waals surface area contributed by atoms with Crippen LogP contribution in [0.15, 0.2) is 54.7 Å². The standard InChI is InChI=1S/C23H27N3O4/c1-4-8-21-22(16-25-26(21)18-9-6-5-7-10-18)30-23(27)24-12-11-17-13-19(28-2)15-20(14-17)29-3/h5-7,9-10,13-16H,4,8,11-12H2,1-3H3,(H,24,27). The zero-order valence-corrected chi connectivity index (χ0v) is 17.6. The molecule has 0 spiro atoms. The minimum absolute atomic E-state index is 0.422. The van der Waals surface area contributed by atoms with Gasteiger partial charge in [-0.05, 0) is 42.7 Å². The van der Waals surface area contributed by atoms with Crippen molar-refractivity contribution in [2.45, 2.75) is 26.2 Å². The van der Waals surface area contributed by atoms with Crippen molar-refractivity contribution in [2.75, 3.05) is 20.8 Å². The van der Waals surface area contributed by atoms with Crippen molar-refractivity contribution in [3.05, 3.63) is 66.0 Å². The van der Waals surface area contributed by atoms with E-state index in [0.29, 0.717) is 30.2 Å². The van der Waals surface area contributed by atoms with Gasteiger partial charge in [0.25, 0.3) is 0 Å². The van der Waals surface area contributed by atoms with Gasteiger partial charge in [0, 0.05) is 12.6 Å². The van der Waals surface area contributed by atoms with Gasteiger partial charge in [-0.25, -0.2) is 9.48 Å². The molecule has 0 atom stereocenters. The summed E-state index contributed by atoms with van der Waals surface area (Å²) in [5.74, 6) is 1.90. The predicted molar refractivity (Wildman–Crippen MR) is 115 cm³/mol. The molecular formula is C23H27N3O4. The molecule has 3 rings (SSSR count). The van der Waals surface area contributed by atoms with Crippen LogP contribution in [0, 0.1) is 0 Å². The van der Waals surface area contributed by atoms with Crippen molar-refractivity contribution >= 4 is 6.09 Å². The van der Waals surface area contributed by atoms with Gasteiger partial charge in [-0.1, -0.05) is 31.5 Å². The minimum atomic E-state index is -0.505. The lowest BCUT2D eigenvalue weighted by molar-refractivity contribution is 0.200. The first-order chi connectivity index (χ1) is 14.6. The maximum atomic E-state index is 12.3. The van der Waals surface area contributed by atoms with Crippen LogP contribution in [-0.2, 0) is 12.8 Å². The number of carbonyl (C=O) groups excluding carboxylic acids is 1. The van der Waals surface area contributed by atoms with Crippen molar-refractivity contribution in [3.63, 3.8) is 0 Å². The second-order valence-corrected chi connectivity index (χ2v) is 6.74. The van der Waals surface area contributed by atoms with Crippen LogP contribution in [0.2, 0.25) is 0 Å². The highest BCUT2D eigenvalue weighted by Gasteiger charge is 2.16. The molecule has 1 heterocycles. The van der Waals surface area contributed by atoms with Gasteiger partial charge >= 0.3 is 6.09 Å². The summed E-state index contributed by atoms with van der Waals surface area (Å²) in [6.45, 7) is 2.50. The summed E-state index contributed by atoms with van der Waals surface area (Å²) in [5, 5.41) is 7.20. The summed E-state index contributed by atoms with van der Waals surface area (Å²) in [7, 11) is 3.22. The molecule has 0 aliphatic rings. The summed E-state index contributed by atoms with van der Waals surface area (Å²) < 4.78 is 17.9. The van der Waals surface area contributed by atoms with Crippen LogP contribution in [0.1, 0.15) is 24.6 Å². The average molecular weight is 409 g/mol. The summed E-state index contributed by atoms with van der Waals surface area (Å²) >= 11 is 0. The zero-order chi connectivity index (χ0) is 21.3. The molecule has 0 bridgehead atoms. The third kappa shape index (κ3) is 5.31. The Morgan fingerprint density at radius 2 is 1.73 bits per heavy atom. The molecule has 0 unspecified atom stereocenters. The summed E-state index contributed by atoms with van der Waals surface area (Å²) in [6.07, 6.45) is 3.36. The molecule has 7 nitrogen and oxygen atoms in total. The Morgan fingerprint density at radius 3 is 2.37 bits per heavy atom. The van der Waals surface area contributed by atoms with Crippen LogP contribution >= 0.6 is 0 Å². The number of aromatic nitrogens is 2. The monoisotopic (exact) mass is 409 g/mol. The smallest absolute Gasteiger partial charge is 0.412 e. The van der Waals surface area contributed by atoms with Crippen LogP contribution in [0.25, 0.3) is 5.69 Å². The van der Waals surface area contributed by atoms with Crippen molar-refractivity contribution in [2.24, 2.45) is 0 Å². The van der Waals surface area contributed by atoms with Gasteiger partial charge < -0.3 is 19.5 Å². The molecule has 0 saturated heterocycles. The number of amides is 1. The first-order valence-corrected chi connectivity index (χ1v) is 9.94. The average Bonchev–Trinajstić information content (AvgIpc) is 3.16. The molecule has 1 amide bonds. The normalized spacial score (nSPS) is 10.5. The lowest BCUT2D eigenvalue weighted by atomic mass is 10.1. The summed E-state index contributed by atoms with van der Waals surface area (Å²) in [4.78, 5) is 12.3. The van der Waals surface area contributed by atoms with Crippen molar-refractivity contribution in [1.29, 1.82) is 0 Å². The van der Waals surface area contributed by atoms with E-state index in [-0.39, 0.29) is 0 Å². The second kappa shape index (κ2) is 10.3. The largest absolute Gasteiger partial charge is 0.497 e. The van der Waals surface area contributed by atoms with E-state index in [1.165, 1.54) is 0 Å². The number of methoxy groups -OCH3 is 2. The molecule has 0 aliphatic heterocycles. The number of para-hydroxylation sites is 1. The van der Waals surface area contributed by atoms with E-state index in [4.69, 9.17) is 14.2 Å². The summed E-state index contributed by atoms with van der Waals surface area (Å²) in [6, 6.07) is 15.4. The van der Waals surface area contributed by atoms with E-state index < -0.39 is 6.09 Å². The molecule has 0 radical (unpaired) electrons. The number of hydrogen-bond acceptors (Lipinski definition) is 5. The maximum absolute atomic E-state index is 12.3. The van der Waals surface area contributed by atoms with Gasteiger partial charge in [0.15, 0.2) is 5.75 Å². The fraction of sp³-hybridized carbons (Fsp3) is 0.304. The molecule has 30 heavy (non-hydrogen) atoms. The van der Waals surface area contributed by atoms with Gasteiger partial charge in [0.2, 0.25) is 0 Å². The number of nitrogens with zero attached hydrogens (tertiary/aromatic N) is 2. The van der Waals surface area contributed by atoms with Gasteiger partial charge in [-0.2, -0.15) is 5.10 Å². The second-order valence-electron chi connectivity index (χ2n) is 6.74. The fourth-order valence-corrected chi connectivity index (χ4v) is 3.16. The first-order valence-electron chi connectivity index (χ1n) is 9.94. The van der Waals surface area contributed by atoms with Gasteiger partial charge in [-0.3, -0.25) is 0 Å². The summed E-state index contributed by atoms with van der Waals surface area (Å²) in [5.41, 5.74) is 2.80. The van der Waals surface area contributed by atoms with Crippen LogP contribution < -0.4 is 19.5 Å². The molecule has 0 saturated carbocycles. The Kier molecular flexibility index (Phi) is 7.32. The molecule has 7 heteroatoms. The Labute approximate surface area is 176 Å². The van der Waals surface area contributed by atoms with Crippen LogP contribution in [0.5, 0.6) is 17.2 Å². The Morgan fingerprint density at radius 1 is 1.03 bits per heavy atom. The number of nitrogens with one attached hydrogen (secondary N) is 1. The van der Waals surface area contributed by atoms with Crippen molar-refractivity contribution in [1.82, 2.24) is 15.1 Å². The van der Waals surface area contributed by atoms with E-state index in [9.17, 15) is 4.79 Å². The number of hydrogen-bond donors (Lipinski definition) is 1. The molecule has 2 aromatic carbocycles.